The fourth-order valence-corrected chi connectivity index (χ4v) is 3.19. The van der Waals surface area contributed by atoms with Gasteiger partial charge < -0.3 is 5.32 Å². The lowest BCUT2D eigenvalue weighted by Crippen LogP contribution is -2.35. The summed E-state index contributed by atoms with van der Waals surface area (Å²) in [6.45, 7) is 7.20. The van der Waals surface area contributed by atoms with Gasteiger partial charge in [-0.05, 0) is 42.8 Å². The van der Waals surface area contributed by atoms with Crippen molar-refractivity contribution in [2.24, 2.45) is 0 Å². The Kier molecular flexibility index (Phi) is 3.97. The van der Waals surface area contributed by atoms with Crippen LogP contribution in [0.2, 0.25) is 0 Å². The Labute approximate surface area is 117 Å². The van der Waals surface area contributed by atoms with Crippen LogP contribution in [0.25, 0.3) is 10.6 Å². The first kappa shape index (κ1) is 13.1. The van der Waals surface area contributed by atoms with Crippen molar-refractivity contribution in [3.05, 3.63) is 20.2 Å². The van der Waals surface area contributed by atoms with Gasteiger partial charge in [-0.3, -0.25) is 0 Å². The van der Waals surface area contributed by atoms with E-state index >= 15 is 0 Å². The molecule has 0 aliphatic heterocycles. The van der Waals surface area contributed by atoms with Gasteiger partial charge in [0.05, 0.1) is 10.3 Å². The third-order valence-electron chi connectivity index (χ3n) is 2.05. The molecule has 0 fully saturated rings. The first-order valence-electron chi connectivity index (χ1n) is 5.26. The summed E-state index contributed by atoms with van der Waals surface area (Å²) in [5.74, 6) is 0. The number of hydrogen-bond acceptors (Lipinski definition) is 5. The van der Waals surface area contributed by atoms with E-state index in [0.717, 1.165) is 25.9 Å². The fourth-order valence-electron chi connectivity index (χ4n) is 1.20. The van der Waals surface area contributed by atoms with Crippen molar-refractivity contribution in [2.75, 3.05) is 0 Å². The zero-order chi connectivity index (χ0) is 12.5. The Morgan fingerprint density at radius 1 is 1.35 bits per heavy atom. The van der Waals surface area contributed by atoms with Crippen molar-refractivity contribution in [3.63, 3.8) is 0 Å². The molecule has 2 aromatic heterocycles. The van der Waals surface area contributed by atoms with E-state index in [2.05, 4.69) is 63.7 Å². The molecule has 0 atom stereocenters. The van der Waals surface area contributed by atoms with Crippen LogP contribution in [0.3, 0.4) is 0 Å². The number of halogens is 1. The molecule has 1 N–H and O–H groups in total. The third kappa shape index (κ3) is 3.84. The monoisotopic (exact) mass is 331 g/mol. The zero-order valence-corrected chi connectivity index (χ0v) is 13.2. The lowest BCUT2D eigenvalue weighted by atomic mass is 10.1. The van der Waals surface area contributed by atoms with Crippen LogP contribution in [0.1, 0.15) is 25.8 Å². The molecule has 92 valence electrons. The summed E-state index contributed by atoms with van der Waals surface area (Å²) in [7, 11) is 0. The van der Waals surface area contributed by atoms with E-state index in [1.54, 1.807) is 22.7 Å². The van der Waals surface area contributed by atoms with Gasteiger partial charge in [0.15, 0.2) is 0 Å². The summed E-state index contributed by atoms with van der Waals surface area (Å²) in [5.41, 5.74) is 1.25. The number of hydrogen-bond donors (Lipinski definition) is 1. The van der Waals surface area contributed by atoms with Crippen LogP contribution < -0.4 is 5.32 Å². The molecule has 0 amide bonds. The summed E-state index contributed by atoms with van der Waals surface area (Å²) in [4.78, 5) is 0. The van der Waals surface area contributed by atoms with Gasteiger partial charge in [0.25, 0.3) is 0 Å². The average Bonchev–Trinajstić information content (AvgIpc) is 2.81. The highest BCUT2D eigenvalue weighted by Crippen LogP contribution is 2.30. The molecule has 2 aromatic rings. The molecule has 3 nitrogen and oxygen atoms in total. The maximum absolute atomic E-state index is 4.21. The van der Waals surface area contributed by atoms with E-state index in [1.807, 2.05) is 0 Å². The van der Waals surface area contributed by atoms with Gasteiger partial charge in [0.1, 0.15) is 10.0 Å². The molecule has 2 rings (SSSR count). The molecule has 0 aliphatic carbocycles. The largest absolute Gasteiger partial charge is 0.306 e. The van der Waals surface area contributed by atoms with Crippen molar-refractivity contribution in [3.8, 4) is 10.6 Å². The summed E-state index contributed by atoms with van der Waals surface area (Å²) in [6.07, 6.45) is 0. The van der Waals surface area contributed by atoms with Crippen molar-refractivity contribution >= 4 is 38.6 Å². The molecule has 2 heterocycles. The molecule has 0 aromatic carbocycles. The van der Waals surface area contributed by atoms with Crippen LogP contribution in [0.4, 0.5) is 0 Å². The predicted octanol–water partition coefficient (Wildman–Crippen LogP) is 3.92. The normalized spacial score (nSPS) is 12.0. The SMILES string of the molecule is CC(C)(C)NCc1nnc(-c2csc(Br)c2)s1. The first-order valence-corrected chi connectivity index (χ1v) is 7.75. The van der Waals surface area contributed by atoms with Crippen molar-refractivity contribution in [2.45, 2.75) is 32.9 Å². The number of rotatable bonds is 3. The second-order valence-electron chi connectivity index (χ2n) is 4.74. The predicted molar refractivity (Wildman–Crippen MR) is 77.5 cm³/mol. The number of thiophene rings is 1. The minimum atomic E-state index is 0.108. The third-order valence-corrected chi connectivity index (χ3v) is 4.53. The van der Waals surface area contributed by atoms with Crippen molar-refractivity contribution in [1.29, 1.82) is 0 Å². The molecule has 0 spiro atoms. The lowest BCUT2D eigenvalue weighted by Gasteiger charge is -2.19. The van der Waals surface area contributed by atoms with Gasteiger partial charge in [-0.15, -0.1) is 21.5 Å². The van der Waals surface area contributed by atoms with Gasteiger partial charge in [-0.25, -0.2) is 0 Å². The van der Waals surface area contributed by atoms with Gasteiger partial charge >= 0.3 is 0 Å². The highest BCUT2D eigenvalue weighted by Gasteiger charge is 2.12. The van der Waals surface area contributed by atoms with Crippen LogP contribution in [0.15, 0.2) is 15.2 Å². The Bertz CT molecular complexity index is 499. The van der Waals surface area contributed by atoms with Gasteiger partial charge in [0, 0.05) is 16.5 Å². The van der Waals surface area contributed by atoms with Crippen LogP contribution in [-0.4, -0.2) is 15.7 Å². The second-order valence-corrected chi connectivity index (χ2v) is 8.10. The van der Waals surface area contributed by atoms with Crippen molar-refractivity contribution < 1.29 is 0 Å². The Morgan fingerprint density at radius 2 is 2.12 bits per heavy atom. The van der Waals surface area contributed by atoms with Crippen LogP contribution >= 0.6 is 38.6 Å². The van der Waals surface area contributed by atoms with E-state index in [-0.39, 0.29) is 5.54 Å². The maximum atomic E-state index is 4.21. The fraction of sp³-hybridized carbons (Fsp3) is 0.455. The topological polar surface area (TPSA) is 37.8 Å². The minimum absolute atomic E-state index is 0.108. The number of nitrogens with zero attached hydrogens (tertiary/aromatic N) is 2. The summed E-state index contributed by atoms with van der Waals surface area (Å²) >= 11 is 6.76. The Morgan fingerprint density at radius 3 is 2.71 bits per heavy atom. The lowest BCUT2D eigenvalue weighted by molar-refractivity contribution is 0.423. The van der Waals surface area contributed by atoms with Crippen molar-refractivity contribution in [1.82, 2.24) is 15.5 Å². The number of nitrogens with one attached hydrogen (secondary N) is 1. The summed E-state index contributed by atoms with van der Waals surface area (Å²) in [6, 6.07) is 2.08. The van der Waals surface area contributed by atoms with Crippen LogP contribution in [0, 0.1) is 0 Å². The molecule has 0 aliphatic rings. The average molecular weight is 332 g/mol. The molecular weight excluding hydrogens is 318 g/mol. The van der Waals surface area contributed by atoms with E-state index in [1.165, 1.54) is 0 Å². The van der Waals surface area contributed by atoms with Crippen LogP contribution in [-0.2, 0) is 6.54 Å². The van der Waals surface area contributed by atoms with E-state index < -0.39 is 0 Å². The molecule has 0 saturated heterocycles. The molecule has 0 bridgehead atoms. The molecular formula is C11H14BrN3S2. The van der Waals surface area contributed by atoms with E-state index in [0.29, 0.717) is 0 Å². The van der Waals surface area contributed by atoms with Gasteiger partial charge in [0.2, 0.25) is 0 Å². The van der Waals surface area contributed by atoms with Crippen LogP contribution in [0.5, 0.6) is 0 Å². The van der Waals surface area contributed by atoms with Gasteiger partial charge in [-0.2, -0.15) is 0 Å². The quantitative estimate of drug-likeness (QED) is 0.926. The summed E-state index contributed by atoms with van der Waals surface area (Å²) < 4.78 is 1.12. The zero-order valence-electron chi connectivity index (χ0n) is 9.95. The smallest absolute Gasteiger partial charge is 0.148 e. The molecule has 17 heavy (non-hydrogen) atoms. The Hall–Kier alpha value is -0.300. The van der Waals surface area contributed by atoms with Gasteiger partial charge in [-0.1, -0.05) is 11.3 Å². The molecule has 6 heteroatoms. The highest BCUT2D eigenvalue weighted by molar-refractivity contribution is 9.11. The highest BCUT2D eigenvalue weighted by atomic mass is 79.9. The minimum Gasteiger partial charge on any atom is -0.306 e. The molecule has 0 unspecified atom stereocenters. The molecule has 0 radical (unpaired) electrons. The second kappa shape index (κ2) is 5.14. The van der Waals surface area contributed by atoms with E-state index in [9.17, 15) is 0 Å². The first-order chi connectivity index (χ1) is 7.94. The maximum Gasteiger partial charge on any atom is 0.148 e. The Balaban J connectivity index is 2.06. The van der Waals surface area contributed by atoms with E-state index in [4.69, 9.17) is 0 Å². The molecule has 0 saturated carbocycles. The number of aromatic nitrogens is 2. The standard InChI is InChI=1S/C11H14BrN3S2/c1-11(2,3)13-5-9-14-15-10(17-9)7-4-8(12)16-6-7/h4,6,13H,5H2,1-3H3. The summed E-state index contributed by atoms with van der Waals surface area (Å²) in [5, 5.41) is 15.9.